The Bertz CT molecular complexity index is 1330. The topological polar surface area (TPSA) is 44.5 Å². The molecule has 2 heterocycles. The molecule has 0 aliphatic heterocycles. The summed E-state index contributed by atoms with van der Waals surface area (Å²) in [5.74, 6) is 0.955. The minimum Gasteiger partial charge on any atom is -0.358 e. The number of H-pyrrole nitrogens is 2. The summed E-state index contributed by atoms with van der Waals surface area (Å²) < 4.78 is 0. The van der Waals surface area contributed by atoms with Crippen LogP contribution in [0.15, 0.2) is 72.3 Å². The van der Waals surface area contributed by atoms with Crippen molar-refractivity contribution in [3.05, 3.63) is 89.3 Å². The lowest BCUT2D eigenvalue weighted by molar-refractivity contribution is 0.537. The van der Waals surface area contributed by atoms with Crippen molar-refractivity contribution in [2.45, 2.75) is 32.1 Å². The summed E-state index contributed by atoms with van der Waals surface area (Å²) in [5.41, 5.74) is 9.80. The predicted octanol–water partition coefficient (Wildman–Crippen LogP) is 6.23. The molecule has 0 spiro atoms. The summed E-state index contributed by atoms with van der Waals surface area (Å²) in [5, 5.41) is 1.21. The number of para-hydroxylation sites is 1. The molecule has 6 rings (SSSR count). The van der Waals surface area contributed by atoms with Gasteiger partial charge >= 0.3 is 0 Å². The van der Waals surface area contributed by atoms with Crippen molar-refractivity contribution in [2.75, 3.05) is 0 Å². The second-order valence-corrected chi connectivity index (χ2v) is 8.47. The van der Waals surface area contributed by atoms with Gasteiger partial charge in [0.05, 0.1) is 11.4 Å². The number of aromatic amines is 2. The molecule has 0 radical (unpaired) electrons. The number of fused-ring (bicyclic) bond motifs is 6. The van der Waals surface area contributed by atoms with Crippen molar-refractivity contribution in [1.29, 1.82) is 0 Å². The van der Waals surface area contributed by atoms with E-state index < -0.39 is 0 Å². The first-order valence-corrected chi connectivity index (χ1v) is 10.3. The van der Waals surface area contributed by atoms with Crippen LogP contribution in [0.4, 0.5) is 0 Å². The largest absolute Gasteiger partial charge is 0.358 e. The molecular formula is C26H23N3. The molecule has 3 nitrogen and oxygen atoms in total. The zero-order valence-electron chi connectivity index (χ0n) is 16.7. The maximum atomic E-state index is 5.21. The molecule has 3 heteroatoms. The van der Waals surface area contributed by atoms with Gasteiger partial charge in [0, 0.05) is 33.1 Å². The summed E-state index contributed by atoms with van der Waals surface area (Å²) in [6, 6.07) is 17.2. The summed E-state index contributed by atoms with van der Waals surface area (Å²) in [4.78, 5) is 12.5. The molecule has 0 bridgehead atoms. The zero-order valence-corrected chi connectivity index (χ0v) is 16.7. The van der Waals surface area contributed by atoms with Gasteiger partial charge in [-0.15, -0.1) is 0 Å². The molecule has 142 valence electrons. The van der Waals surface area contributed by atoms with Gasteiger partial charge in [0.25, 0.3) is 0 Å². The van der Waals surface area contributed by atoms with Gasteiger partial charge in [-0.25, -0.2) is 4.98 Å². The van der Waals surface area contributed by atoms with Gasteiger partial charge < -0.3 is 9.97 Å². The van der Waals surface area contributed by atoms with Gasteiger partial charge in [-0.05, 0) is 38.3 Å². The molecular weight excluding hydrogens is 354 g/mol. The average Bonchev–Trinajstić information content (AvgIpc) is 3.28. The fourth-order valence-electron chi connectivity index (χ4n) is 5.10. The number of aryl methyl sites for hydroxylation is 1. The number of rotatable bonds is 1. The van der Waals surface area contributed by atoms with Gasteiger partial charge in [-0.1, -0.05) is 66.3 Å². The molecule has 2 aliphatic carbocycles. The first-order chi connectivity index (χ1) is 14.1. The Morgan fingerprint density at radius 1 is 1.00 bits per heavy atom. The highest BCUT2D eigenvalue weighted by Gasteiger charge is 2.39. The molecule has 0 saturated heterocycles. The highest BCUT2D eigenvalue weighted by Crippen LogP contribution is 2.48. The molecule has 1 atom stereocenters. The summed E-state index contributed by atoms with van der Waals surface area (Å²) >= 11 is 0. The fourth-order valence-corrected chi connectivity index (χ4v) is 5.10. The number of hydrogen-bond donors (Lipinski definition) is 2. The maximum absolute atomic E-state index is 5.21. The van der Waals surface area contributed by atoms with E-state index in [2.05, 4.69) is 90.6 Å². The van der Waals surface area contributed by atoms with E-state index >= 15 is 0 Å². The van der Waals surface area contributed by atoms with E-state index in [0.717, 1.165) is 35.6 Å². The number of benzene rings is 2. The van der Waals surface area contributed by atoms with E-state index in [1.807, 2.05) is 0 Å². The molecule has 2 aromatic heterocycles. The lowest BCUT2D eigenvalue weighted by Gasteiger charge is -2.32. The Balaban J connectivity index is 1.66. The molecule has 0 amide bonds. The van der Waals surface area contributed by atoms with Gasteiger partial charge in [0.2, 0.25) is 0 Å². The van der Waals surface area contributed by atoms with Crippen LogP contribution >= 0.6 is 0 Å². The van der Waals surface area contributed by atoms with Crippen LogP contribution in [0.5, 0.6) is 0 Å². The third kappa shape index (κ3) is 2.27. The molecule has 2 aliphatic rings. The van der Waals surface area contributed by atoms with Crippen molar-refractivity contribution in [2.24, 2.45) is 0 Å². The second kappa shape index (κ2) is 5.84. The Hall–Kier alpha value is -3.33. The standard InChI is InChI=1S/C26H23N3/c1-16-22(20-12-5-6-13-21(20)27-16)25-28-23-19-11-4-3-9-17(19)15-18-10-7-8-14-26(18,2)24(23)29-25/h3-13,27H,14-15H2,1-2H3,(H,28,29). The van der Waals surface area contributed by atoms with Crippen LogP contribution in [0.1, 0.15) is 30.3 Å². The van der Waals surface area contributed by atoms with Crippen LogP contribution < -0.4 is 0 Å². The van der Waals surface area contributed by atoms with Gasteiger partial charge in [-0.2, -0.15) is 0 Å². The molecule has 1 unspecified atom stereocenters. The van der Waals surface area contributed by atoms with Crippen molar-refractivity contribution in [1.82, 2.24) is 15.0 Å². The molecule has 0 fully saturated rings. The number of nitrogens with one attached hydrogen (secondary N) is 2. The normalized spacial score (nSPS) is 20.0. The Kier molecular flexibility index (Phi) is 3.34. The molecule has 0 saturated carbocycles. The van der Waals surface area contributed by atoms with Crippen LogP contribution in [0.3, 0.4) is 0 Å². The van der Waals surface area contributed by atoms with Crippen molar-refractivity contribution >= 4 is 10.9 Å². The second-order valence-electron chi connectivity index (χ2n) is 8.47. The third-order valence-electron chi connectivity index (χ3n) is 6.71. The highest BCUT2D eigenvalue weighted by molar-refractivity contribution is 5.96. The first kappa shape index (κ1) is 16.6. The van der Waals surface area contributed by atoms with Crippen LogP contribution in [0.25, 0.3) is 33.5 Å². The Morgan fingerprint density at radius 3 is 2.76 bits per heavy atom. The van der Waals surface area contributed by atoms with E-state index in [0.29, 0.717) is 0 Å². The number of allylic oxidation sites excluding steroid dienone is 4. The van der Waals surface area contributed by atoms with E-state index in [-0.39, 0.29) is 5.41 Å². The third-order valence-corrected chi connectivity index (χ3v) is 6.71. The minimum atomic E-state index is -0.0611. The van der Waals surface area contributed by atoms with Crippen LogP contribution in [0, 0.1) is 6.92 Å². The van der Waals surface area contributed by atoms with Crippen molar-refractivity contribution < 1.29 is 0 Å². The number of nitrogens with zero attached hydrogens (tertiary/aromatic N) is 1. The fraction of sp³-hybridized carbons (Fsp3) is 0.192. The number of imidazole rings is 1. The Morgan fingerprint density at radius 2 is 1.83 bits per heavy atom. The zero-order chi connectivity index (χ0) is 19.6. The summed E-state index contributed by atoms with van der Waals surface area (Å²) in [6.45, 7) is 4.49. The molecule has 29 heavy (non-hydrogen) atoms. The quantitative estimate of drug-likeness (QED) is 0.405. The van der Waals surface area contributed by atoms with E-state index in [9.17, 15) is 0 Å². The predicted molar refractivity (Wildman–Crippen MR) is 119 cm³/mol. The minimum absolute atomic E-state index is 0.0611. The smallest absolute Gasteiger partial charge is 0.140 e. The van der Waals surface area contributed by atoms with Crippen molar-refractivity contribution in [3.8, 4) is 22.6 Å². The van der Waals surface area contributed by atoms with Gasteiger partial charge in [-0.3, -0.25) is 0 Å². The van der Waals surface area contributed by atoms with Gasteiger partial charge in [0.15, 0.2) is 0 Å². The van der Waals surface area contributed by atoms with Gasteiger partial charge in [0.1, 0.15) is 5.82 Å². The lowest BCUT2D eigenvalue weighted by Crippen LogP contribution is -2.27. The highest BCUT2D eigenvalue weighted by atomic mass is 15.0. The van der Waals surface area contributed by atoms with E-state index in [4.69, 9.17) is 4.98 Å². The van der Waals surface area contributed by atoms with Crippen molar-refractivity contribution in [3.63, 3.8) is 0 Å². The number of hydrogen-bond acceptors (Lipinski definition) is 1. The Labute approximate surface area is 170 Å². The monoisotopic (exact) mass is 377 g/mol. The van der Waals surface area contributed by atoms with E-state index in [1.54, 1.807) is 0 Å². The number of aromatic nitrogens is 3. The van der Waals surface area contributed by atoms with Crippen LogP contribution in [-0.2, 0) is 11.8 Å². The molecule has 2 N–H and O–H groups in total. The first-order valence-electron chi connectivity index (χ1n) is 10.3. The maximum Gasteiger partial charge on any atom is 0.140 e. The summed E-state index contributed by atoms with van der Waals surface area (Å²) in [7, 11) is 0. The van der Waals surface area contributed by atoms with E-state index in [1.165, 1.54) is 33.3 Å². The average molecular weight is 377 g/mol. The summed E-state index contributed by atoms with van der Waals surface area (Å²) in [6.07, 6.45) is 8.75. The lowest BCUT2D eigenvalue weighted by atomic mass is 9.73. The molecule has 4 aromatic rings. The van der Waals surface area contributed by atoms with Crippen LogP contribution in [-0.4, -0.2) is 15.0 Å². The SMILES string of the molecule is Cc1[nH]c2ccccc2c1-c1nc2c([nH]1)C1(C)CC=CC=C1Cc1ccccc1-2. The van der Waals surface area contributed by atoms with Crippen LogP contribution in [0.2, 0.25) is 0 Å². The molecule has 2 aromatic carbocycles.